The van der Waals surface area contributed by atoms with Crippen molar-refractivity contribution in [3.63, 3.8) is 0 Å². The Kier molecular flexibility index (Phi) is 8.34. The fourth-order valence-corrected chi connectivity index (χ4v) is 2.45. The summed E-state index contributed by atoms with van der Waals surface area (Å²) in [7, 11) is 1.59. The van der Waals surface area contributed by atoms with Gasteiger partial charge in [0.1, 0.15) is 11.5 Å². The molecule has 0 radical (unpaired) electrons. The molecule has 0 spiro atoms. The fourth-order valence-electron chi connectivity index (χ4n) is 2.45. The van der Waals surface area contributed by atoms with Crippen molar-refractivity contribution >= 4 is 17.6 Å². The highest BCUT2D eigenvalue weighted by atomic mass is 16.5. The fraction of sp³-hybridized carbons (Fsp3) is 0.364. The van der Waals surface area contributed by atoms with E-state index in [0.29, 0.717) is 30.0 Å². The van der Waals surface area contributed by atoms with Crippen molar-refractivity contribution in [3.8, 4) is 11.5 Å². The molecule has 2 rings (SSSR count). The van der Waals surface area contributed by atoms with Crippen LogP contribution < -0.4 is 14.8 Å². The summed E-state index contributed by atoms with van der Waals surface area (Å²) in [6.45, 7) is 4.32. The van der Waals surface area contributed by atoms with Crippen molar-refractivity contribution in [2.45, 2.75) is 39.2 Å². The molecule has 1 atom stereocenters. The van der Waals surface area contributed by atoms with Gasteiger partial charge in [-0.2, -0.15) is 0 Å². The van der Waals surface area contributed by atoms with Gasteiger partial charge in [0.2, 0.25) is 0 Å². The zero-order valence-electron chi connectivity index (χ0n) is 16.6. The number of ether oxygens (including phenoxy) is 3. The van der Waals surface area contributed by atoms with E-state index in [9.17, 15) is 9.59 Å². The number of rotatable bonds is 10. The predicted molar refractivity (Wildman–Crippen MR) is 108 cm³/mol. The summed E-state index contributed by atoms with van der Waals surface area (Å²) in [4.78, 5) is 24.4. The number of esters is 1. The predicted octanol–water partition coefficient (Wildman–Crippen LogP) is 4.45. The third-order valence-corrected chi connectivity index (χ3v) is 4.12. The third kappa shape index (κ3) is 6.30. The SMILES string of the molecule is CCCCOC(=O)c1ccc(NC(=O)C(CC)Oc2ccc(OC)cc2)cc1. The third-order valence-electron chi connectivity index (χ3n) is 4.12. The highest BCUT2D eigenvalue weighted by molar-refractivity contribution is 5.95. The lowest BCUT2D eigenvalue weighted by Gasteiger charge is -2.17. The number of hydrogen-bond donors (Lipinski definition) is 1. The van der Waals surface area contributed by atoms with Gasteiger partial charge in [0.15, 0.2) is 6.10 Å². The van der Waals surface area contributed by atoms with E-state index >= 15 is 0 Å². The first-order valence-electron chi connectivity index (χ1n) is 9.46. The van der Waals surface area contributed by atoms with E-state index in [1.807, 2.05) is 13.8 Å². The Morgan fingerprint density at radius 1 is 0.964 bits per heavy atom. The molecule has 0 aromatic heterocycles. The number of hydrogen-bond acceptors (Lipinski definition) is 5. The van der Waals surface area contributed by atoms with E-state index in [0.717, 1.165) is 18.6 Å². The Morgan fingerprint density at radius 3 is 2.18 bits per heavy atom. The van der Waals surface area contributed by atoms with Crippen LogP contribution in [-0.4, -0.2) is 31.7 Å². The second kappa shape index (κ2) is 11.0. The van der Waals surface area contributed by atoms with Gasteiger partial charge in [0.25, 0.3) is 5.91 Å². The van der Waals surface area contributed by atoms with E-state index in [1.165, 1.54) is 0 Å². The lowest BCUT2D eigenvalue weighted by atomic mass is 10.2. The quantitative estimate of drug-likeness (QED) is 0.483. The summed E-state index contributed by atoms with van der Waals surface area (Å²) < 4.78 is 16.1. The summed E-state index contributed by atoms with van der Waals surface area (Å²) in [6, 6.07) is 13.7. The first kappa shape index (κ1) is 21.3. The Balaban J connectivity index is 1.93. The van der Waals surface area contributed by atoms with Crippen molar-refractivity contribution < 1.29 is 23.8 Å². The molecule has 1 amide bonds. The first-order chi connectivity index (χ1) is 13.6. The molecule has 0 saturated heterocycles. The van der Waals surface area contributed by atoms with Gasteiger partial charge in [-0.15, -0.1) is 0 Å². The lowest BCUT2D eigenvalue weighted by Crippen LogP contribution is -2.32. The average Bonchev–Trinajstić information content (AvgIpc) is 2.73. The van der Waals surface area contributed by atoms with Crippen LogP contribution in [-0.2, 0) is 9.53 Å². The molecular formula is C22H27NO5. The second-order valence-corrected chi connectivity index (χ2v) is 6.25. The molecule has 6 nitrogen and oxygen atoms in total. The van der Waals surface area contributed by atoms with Gasteiger partial charge in [0, 0.05) is 5.69 Å². The monoisotopic (exact) mass is 385 g/mol. The number of benzene rings is 2. The minimum Gasteiger partial charge on any atom is -0.497 e. The van der Waals surface area contributed by atoms with Crippen molar-refractivity contribution in [1.29, 1.82) is 0 Å². The van der Waals surface area contributed by atoms with Gasteiger partial charge in [-0.3, -0.25) is 4.79 Å². The van der Waals surface area contributed by atoms with Crippen molar-refractivity contribution in [1.82, 2.24) is 0 Å². The highest BCUT2D eigenvalue weighted by Gasteiger charge is 2.19. The second-order valence-electron chi connectivity index (χ2n) is 6.25. The maximum atomic E-state index is 12.5. The summed E-state index contributed by atoms with van der Waals surface area (Å²) in [5.41, 5.74) is 1.04. The van der Waals surface area contributed by atoms with Crippen molar-refractivity contribution in [3.05, 3.63) is 54.1 Å². The van der Waals surface area contributed by atoms with Gasteiger partial charge in [-0.05, 0) is 61.4 Å². The normalized spacial score (nSPS) is 11.4. The number of nitrogens with one attached hydrogen (secondary N) is 1. The molecule has 0 aliphatic rings. The molecule has 2 aromatic carbocycles. The molecule has 0 aliphatic carbocycles. The molecule has 2 aromatic rings. The summed E-state index contributed by atoms with van der Waals surface area (Å²) >= 11 is 0. The van der Waals surface area contributed by atoms with Crippen molar-refractivity contribution in [2.75, 3.05) is 19.0 Å². The van der Waals surface area contributed by atoms with E-state index in [2.05, 4.69) is 5.32 Å². The van der Waals surface area contributed by atoms with Crippen LogP contribution >= 0.6 is 0 Å². The van der Waals surface area contributed by atoms with Crippen LogP contribution in [0.4, 0.5) is 5.69 Å². The molecular weight excluding hydrogens is 358 g/mol. The topological polar surface area (TPSA) is 73.9 Å². The van der Waals surface area contributed by atoms with Crippen LogP contribution in [0.5, 0.6) is 11.5 Å². The van der Waals surface area contributed by atoms with E-state index in [1.54, 1.807) is 55.6 Å². The molecule has 28 heavy (non-hydrogen) atoms. The van der Waals surface area contributed by atoms with Crippen molar-refractivity contribution in [2.24, 2.45) is 0 Å². The van der Waals surface area contributed by atoms with Crippen LogP contribution in [0.2, 0.25) is 0 Å². The lowest BCUT2D eigenvalue weighted by molar-refractivity contribution is -0.122. The van der Waals surface area contributed by atoms with Gasteiger partial charge >= 0.3 is 5.97 Å². The summed E-state index contributed by atoms with van der Waals surface area (Å²) in [5, 5.41) is 2.81. The molecule has 1 N–H and O–H groups in total. The van der Waals surface area contributed by atoms with Crippen LogP contribution in [0.1, 0.15) is 43.5 Å². The summed E-state index contributed by atoms with van der Waals surface area (Å²) in [6.07, 6.45) is 1.69. The number of unbranched alkanes of at least 4 members (excludes halogenated alkanes) is 1. The molecule has 0 bridgehead atoms. The van der Waals surface area contributed by atoms with Crippen LogP contribution in [0, 0.1) is 0 Å². The molecule has 0 heterocycles. The standard InChI is InChI=1S/C22H27NO5/c1-4-6-15-27-22(25)16-7-9-17(10-8-16)23-21(24)20(5-2)28-19-13-11-18(26-3)12-14-19/h7-14,20H,4-6,15H2,1-3H3,(H,23,24). The van der Waals surface area contributed by atoms with E-state index < -0.39 is 6.10 Å². The largest absolute Gasteiger partial charge is 0.497 e. The molecule has 150 valence electrons. The highest BCUT2D eigenvalue weighted by Crippen LogP contribution is 2.20. The maximum Gasteiger partial charge on any atom is 0.338 e. The Labute approximate surface area is 165 Å². The average molecular weight is 385 g/mol. The van der Waals surface area contributed by atoms with Crippen LogP contribution in [0.25, 0.3) is 0 Å². The summed E-state index contributed by atoms with van der Waals surface area (Å²) in [5.74, 6) is 0.698. The first-order valence-corrected chi connectivity index (χ1v) is 9.46. The van der Waals surface area contributed by atoms with Crippen LogP contribution in [0.3, 0.4) is 0 Å². The van der Waals surface area contributed by atoms with Gasteiger partial charge in [-0.1, -0.05) is 20.3 Å². The Bertz CT molecular complexity index is 756. The van der Waals surface area contributed by atoms with Gasteiger partial charge in [0.05, 0.1) is 19.3 Å². The zero-order chi connectivity index (χ0) is 20.4. The number of methoxy groups -OCH3 is 1. The number of carbonyl (C=O) groups excluding carboxylic acids is 2. The number of anilines is 1. The molecule has 0 aliphatic heterocycles. The molecule has 6 heteroatoms. The van der Waals surface area contributed by atoms with Gasteiger partial charge < -0.3 is 19.5 Å². The smallest absolute Gasteiger partial charge is 0.338 e. The maximum absolute atomic E-state index is 12.5. The van der Waals surface area contributed by atoms with Crippen LogP contribution in [0.15, 0.2) is 48.5 Å². The Morgan fingerprint density at radius 2 is 1.61 bits per heavy atom. The number of carbonyl (C=O) groups is 2. The Hall–Kier alpha value is -3.02. The van der Waals surface area contributed by atoms with Gasteiger partial charge in [-0.25, -0.2) is 4.79 Å². The number of amides is 1. The van der Waals surface area contributed by atoms with E-state index in [4.69, 9.17) is 14.2 Å². The minimum absolute atomic E-state index is 0.253. The molecule has 0 saturated carbocycles. The minimum atomic E-state index is -0.632. The van der Waals surface area contributed by atoms with E-state index in [-0.39, 0.29) is 11.9 Å². The molecule has 1 unspecified atom stereocenters. The molecule has 0 fully saturated rings. The zero-order valence-corrected chi connectivity index (χ0v) is 16.6.